The molecule has 1 aromatic heterocycles. The number of amides is 2. The van der Waals surface area contributed by atoms with Crippen LogP contribution in [0.4, 0.5) is 5.95 Å². The molecule has 1 aromatic rings. The number of nitrogens with zero attached hydrogens (tertiary/aromatic N) is 5. The summed E-state index contributed by atoms with van der Waals surface area (Å²) >= 11 is 0. The van der Waals surface area contributed by atoms with Crippen LogP contribution in [0, 0.1) is 30.6 Å². The number of unbranched alkanes of at least 4 members (excludes halogenated alkanes) is 1. The lowest BCUT2D eigenvalue weighted by Gasteiger charge is -2.47. The second kappa shape index (κ2) is 10.4. The molecular formula is C24H39Cl2N5O2. The van der Waals surface area contributed by atoms with Crippen LogP contribution in [0.1, 0.15) is 57.8 Å². The van der Waals surface area contributed by atoms with Gasteiger partial charge in [-0.1, -0.05) is 20.8 Å². The quantitative estimate of drug-likeness (QED) is 0.439. The number of hydrogen-bond donors (Lipinski definition) is 0. The highest BCUT2D eigenvalue weighted by Gasteiger charge is 2.64. The molecule has 2 saturated heterocycles. The van der Waals surface area contributed by atoms with Gasteiger partial charge in [0, 0.05) is 50.0 Å². The van der Waals surface area contributed by atoms with Gasteiger partial charge in [0.2, 0.25) is 17.8 Å². The number of imide groups is 1. The monoisotopic (exact) mass is 499 g/mol. The van der Waals surface area contributed by atoms with Crippen molar-refractivity contribution >= 4 is 42.6 Å². The molecule has 3 aliphatic rings. The predicted octanol–water partition coefficient (Wildman–Crippen LogP) is 3.65. The maximum atomic E-state index is 13.1. The molecule has 2 atom stereocenters. The minimum atomic E-state index is -0.391. The summed E-state index contributed by atoms with van der Waals surface area (Å²) in [6.45, 7) is 15.7. The summed E-state index contributed by atoms with van der Waals surface area (Å²) in [4.78, 5) is 41.5. The molecule has 0 N–H and O–H groups in total. The van der Waals surface area contributed by atoms with Crippen molar-refractivity contribution in [2.75, 3.05) is 44.2 Å². The summed E-state index contributed by atoms with van der Waals surface area (Å²) in [6, 6.07) is 2.00. The van der Waals surface area contributed by atoms with Crippen LogP contribution in [0.3, 0.4) is 0 Å². The molecule has 0 radical (unpaired) electrons. The maximum Gasteiger partial charge on any atom is 0.235 e. The second-order valence-corrected chi connectivity index (χ2v) is 10.4. The van der Waals surface area contributed by atoms with E-state index in [1.807, 2.05) is 19.9 Å². The molecule has 2 aliphatic heterocycles. The van der Waals surface area contributed by atoms with E-state index in [-0.39, 0.29) is 48.0 Å². The van der Waals surface area contributed by atoms with Crippen molar-refractivity contribution < 1.29 is 9.59 Å². The molecule has 9 heteroatoms. The average Bonchev–Trinajstić information content (AvgIpc) is 2.90. The van der Waals surface area contributed by atoms with E-state index in [0.717, 1.165) is 75.7 Å². The molecule has 186 valence electrons. The van der Waals surface area contributed by atoms with Crippen molar-refractivity contribution in [2.24, 2.45) is 16.7 Å². The first-order valence-corrected chi connectivity index (χ1v) is 11.8. The number of aromatic nitrogens is 2. The number of anilines is 1. The molecule has 33 heavy (non-hydrogen) atoms. The summed E-state index contributed by atoms with van der Waals surface area (Å²) in [5.74, 6) is 0.950. The number of halogens is 2. The number of hydrogen-bond acceptors (Lipinski definition) is 6. The molecular weight excluding hydrogens is 461 g/mol. The van der Waals surface area contributed by atoms with Crippen molar-refractivity contribution in [3.63, 3.8) is 0 Å². The predicted molar refractivity (Wildman–Crippen MR) is 135 cm³/mol. The van der Waals surface area contributed by atoms with Gasteiger partial charge in [-0.25, -0.2) is 9.97 Å². The van der Waals surface area contributed by atoms with Gasteiger partial charge < -0.3 is 4.90 Å². The lowest BCUT2D eigenvalue weighted by Crippen LogP contribution is -2.59. The number of carbonyl (C=O) groups excluding carboxylic acids is 2. The first-order chi connectivity index (χ1) is 14.6. The molecule has 2 amide bonds. The lowest BCUT2D eigenvalue weighted by molar-refractivity contribution is -0.167. The fourth-order valence-electron chi connectivity index (χ4n) is 5.74. The summed E-state index contributed by atoms with van der Waals surface area (Å²) < 4.78 is 0. The summed E-state index contributed by atoms with van der Waals surface area (Å²) in [6.07, 6.45) is 3.56. The lowest BCUT2D eigenvalue weighted by atomic mass is 9.62. The SMILES string of the molecule is Cc1cc(C)nc(N2CCN(CCCCN3C(=O)C4CCC(C)(C3=O)C4(C)C)CC2)n1.Cl.Cl. The van der Waals surface area contributed by atoms with Crippen LogP contribution < -0.4 is 4.90 Å². The first-order valence-electron chi connectivity index (χ1n) is 11.8. The van der Waals surface area contributed by atoms with Crippen molar-refractivity contribution in [3.05, 3.63) is 17.5 Å². The van der Waals surface area contributed by atoms with Crippen molar-refractivity contribution in [2.45, 2.75) is 60.3 Å². The summed E-state index contributed by atoms with van der Waals surface area (Å²) in [7, 11) is 0. The zero-order valence-corrected chi connectivity index (χ0v) is 22.2. The minimum absolute atomic E-state index is 0. The fraction of sp³-hybridized carbons (Fsp3) is 0.750. The number of rotatable bonds is 6. The van der Waals surface area contributed by atoms with Crippen LogP contribution in [0.15, 0.2) is 6.07 Å². The molecule has 4 rings (SSSR count). The Balaban J connectivity index is 0.00000193. The Morgan fingerprint density at radius 1 is 0.939 bits per heavy atom. The maximum absolute atomic E-state index is 13.1. The summed E-state index contributed by atoms with van der Waals surface area (Å²) in [5.41, 5.74) is 1.41. The molecule has 3 heterocycles. The Labute approximate surface area is 210 Å². The zero-order chi connectivity index (χ0) is 22.4. The van der Waals surface area contributed by atoms with E-state index in [1.165, 1.54) is 0 Å². The van der Waals surface area contributed by atoms with E-state index >= 15 is 0 Å². The van der Waals surface area contributed by atoms with Crippen LogP contribution in [-0.4, -0.2) is 70.9 Å². The third-order valence-corrected chi connectivity index (χ3v) is 8.24. The topological polar surface area (TPSA) is 69.6 Å². The second-order valence-electron chi connectivity index (χ2n) is 10.4. The van der Waals surface area contributed by atoms with E-state index < -0.39 is 5.41 Å². The molecule has 2 unspecified atom stereocenters. The third kappa shape index (κ3) is 5.01. The minimum Gasteiger partial charge on any atom is -0.338 e. The molecule has 0 aromatic carbocycles. The number of carbonyl (C=O) groups is 2. The first kappa shape index (κ1) is 27.8. The Hall–Kier alpha value is -1.44. The normalized spacial score (nSPS) is 26.8. The Kier molecular flexibility index (Phi) is 8.80. The van der Waals surface area contributed by atoms with Crippen LogP contribution in [0.25, 0.3) is 0 Å². The van der Waals surface area contributed by atoms with Crippen LogP contribution in [0.5, 0.6) is 0 Å². The molecule has 1 aliphatic carbocycles. The standard InChI is InChI=1S/C24H37N5O2.2ClH/c1-17-16-18(2)26-22(25-17)28-14-12-27(13-15-28)10-6-7-11-29-20(30)19-8-9-24(5,21(29)31)23(19,3)4;;/h16,19H,6-15H2,1-5H3;2*1H. The van der Waals surface area contributed by atoms with Gasteiger partial charge in [-0.2, -0.15) is 0 Å². The van der Waals surface area contributed by atoms with E-state index in [1.54, 1.807) is 4.90 Å². The largest absolute Gasteiger partial charge is 0.338 e. The van der Waals surface area contributed by atoms with Gasteiger partial charge in [-0.15, -0.1) is 24.8 Å². The number of piperazine rings is 1. The van der Waals surface area contributed by atoms with E-state index in [2.05, 4.69) is 40.5 Å². The highest BCUT2D eigenvalue weighted by atomic mass is 35.5. The molecule has 0 spiro atoms. The van der Waals surface area contributed by atoms with Crippen molar-refractivity contribution in [1.82, 2.24) is 19.8 Å². The fourth-order valence-corrected chi connectivity index (χ4v) is 5.74. The summed E-state index contributed by atoms with van der Waals surface area (Å²) in [5, 5.41) is 0. The van der Waals surface area contributed by atoms with E-state index in [0.29, 0.717) is 6.54 Å². The third-order valence-electron chi connectivity index (χ3n) is 8.24. The molecule has 2 bridgehead atoms. The van der Waals surface area contributed by atoms with Crippen LogP contribution >= 0.6 is 24.8 Å². The Morgan fingerprint density at radius 3 is 2.12 bits per heavy atom. The van der Waals surface area contributed by atoms with Gasteiger partial charge in [0.05, 0.1) is 5.41 Å². The molecule has 3 fully saturated rings. The van der Waals surface area contributed by atoms with Crippen LogP contribution in [0.2, 0.25) is 0 Å². The number of piperidine rings is 1. The number of aryl methyl sites for hydroxylation is 2. The van der Waals surface area contributed by atoms with Gasteiger partial charge in [0.15, 0.2) is 0 Å². The van der Waals surface area contributed by atoms with Crippen molar-refractivity contribution in [3.8, 4) is 0 Å². The number of fused-ring (bicyclic) bond motifs is 2. The van der Waals surface area contributed by atoms with Gasteiger partial charge in [-0.05, 0) is 57.6 Å². The van der Waals surface area contributed by atoms with E-state index in [9.17, 15) is 9.59 Å². The van der Waals surface area contributed by atoms with Crippen LogP contribution in [-0.2, 0) is 9.59 Å². The Bertz CT molecular complexity index is 852. The van der Waals surface area contributed by atoms with Gasteiger partial charge >= 0.3 is 0 Å². The van der Waals surface area contributed by atoms with Crippen molar-refractivity contribution in [1.29, 1.82) is 0 Å². The van der Waals surface area contributed by atoms with Gasteiger partial charge in [0.25, 0.3) is 0 Å². The van der Waals surface area contributed by atoms with E-state index in [4.69, 9.17) is 0 Å². The molecule has 7 nitrogen and oxygen atoms in total. The van der Waals surface area contributed by atoms with Gasteiger partial charge in [-0.3, -0.25) is 19.4 Å². The zero-order valence-electron chi connectivity index (χ0n) is 20.6. The highest BCUT2D eigenvalue weighted by Crippen LogP contribution is 2.60. The van der Waals surface area contributed by atoms with Gasteiger partial charge in [0.1, 0.15) is 0 Å². The molecule has 1 saturated carbocycles. The smallest absolute Gasteiger partial charge is 0.235 e. The number of likely N-dealkylation sites (tertiary alicyclic amines) is 1. The highest BCUT2D eigenvalue weighted by molar-refractivity contribution is 6.03. The average molecular weight is 501 g/mol. The Morgan fingerprint density at radius 2 is 1.52 bits per heavy atom.